The molecule has 2 atom stereocenters. The third-order valence-corrected chi connectivity index (χ3v) is 5.03. The van der Waals surface area contributed by atoms with Gasteiger partial charge in [-0.1, -0.05) is 19.9 Å². The lowest BCUT2D eigenvalue weighted by atomic mass is 9.78. The monoisotopic (exact) mass is 322 g/mol. The molecule has 0 N–H and O–H groups in total. The van der Waals surface area contributed by atoms with Gasteiger partial charge in [0.1, 0.15) is 0 Å². The van der Waals surface area contributed by atoms with Crippen LogP contribution >= 0.6 is 0 Å². The summed E-state index contributed by atoms with van der Waals surface area (Å²) in [5.74, 6) is -0.586. The summed E-state index contributed by atoms with van der Waals surface area (Å²) >= 11 is 0. The van der Waals surface area contributed by atoms with Crippen LogP contribution < -0.4 is 0 Å². The van der Waals surface area contributed by atoms with Crippen molar-refractivity contribution in [2.24, 2.45) is 21.7 Å². The van der Waals surface area contributed by atoms with Gasteiger partial charge in [-0.05, 0) is 13.8 Å². The van der Waals surface area contributed by atoms with Crippen molar-refractivity contribution in [3.8, 4) is 0 Å². The lowest BCUT2D eigenvalue weighted by Gasteiger charge is -2.39. The summed E-state index contributed by atoms with van der Waals surface area (Å²) in [4.78, 5) is 19.1. The number of nitrogens with zero attached hydrogens (tertiary/aromatic N) is 2. The van der Waals surface area contributed by atoms with Gasteiger partial charge in [-0.3, -0.25) is 9.79 Å². The largest absolute Gasteiger partial charge is 0.349 e. The van der Waals surface area contributed by atoms with E-state index in [1.165, 1.54) is 0 Å². The first kappa shape index (κ1) is 18.1. The van der Waals surface area contributed by atoms with Crippen molar-refractivity contribution < 1.29 is 14.3 Å². The van der Waals surface area contributed by atoms with Crippen molar-refractivity contribution in [3.05, 3.63) is 12.7 Å². The van der Waals surface area contributed by atoms with Crippen LogP contribution in [0.3, 0.4) is 0 Å². The normalized spacial score (nSPS) is 28.1. The Bertz CT molecular complexity index is 514. The predicted octanol–water partition coefficient (Wildman–Crippen LogP) is 2.52. The van der Waals surface area contributed by atoms with E-state index in [4.69, 9.17) is 9.47 Å². The molecule has 0 aromatic heterocycles. The van der Waals surface area contributed by atoms with Crippen LogP contribution in [0.5, 0.6) is 0 Å². The molecule has 2 unspecified atom stereocenters. The Balaban J connectivity index is 2.27. The fraction of sp³-hybridized carbons (Fsp3) is 0.778. The highest BCUT2D eigenvalue weighted by Gasteiger charge is 2.69. The Morgan fingerprint density at radius 3 is 2.43 bits per heavy atom. The molecule has 1 spiro atoms. The molecular weight excluding hydrogens is 292 g/mol. The standard InChI is InChI=1S/C18H30N2O3/c1-8-9-19-13(2)17(5,15(21)20(6)7)14-10-18(14)22-11-16(3,4)12-23-18/h8,14H,1,9-12H2,2-7H3. The van der Waals surface area contributed by atoms with E-state index in [9.17, 15) is 4.79 Å². The van der Waals surface area contributed by atoms with Crippen molar-refractivity contribution >= 4 is 11.6 Å². The van der Waals surface area contributed by atoms with Gasteiger partial charge in [0.25, 0.3) is 0 Å². The van der Waals surface area contributed by atoms with Crippen LogP contribution in [0.1, 0.15) is 34.1 Å². The molecule has 2 rings (SSSR count). The Morgan fingerprint density at radius 1 is 1.39 bits per heavy atom. The topological polar surface area (TPSA) is 51.1 Å². The first-order chi connectivity index (χ1) is 10.6. The van der Waals surface area contributed by atoms with Crippen molar-refractivity contribution in [1.29, 1.82) is 0 Å². The quantitative estimate of drug-likeness (QED) is 0.577. The van der Waals surface area contributed by atoms with E-state index in [1.54, 1.807) is 25.1 Å². The highest BCUT2D eigenvalue weighted by atomic mass is 16.7. The molecule has 1 saturated carbocycles. The third-order valence-electron chi connectivity index (χ3n) is 5.03. The van der Waals surface area contributed by atoms with Crippen LogP contribution in [0.25, 0.3) is 0 Å². The lowest BCUT2D eigenvalue weighted by molar-refractivity contribution is -0.253. The summed E-state index contributed by atoms with van der Waals surface area (Å²) in [5, 5.41) is 0. The molecular formula is C18H30N2O3. The number of hydrogen-bond donors (Lipinski definition) is 0. The molecule has 1 aliphatic carbocycles. The predicted molar refractivity (Wildman–Crippen MR) is 91.5 cm³/mol. The van der Waals surface area contributed by atoms with Crippen LogP contribution in [0, 0.1) is 16.7 Å². The Labute approximate surface area is 139 Å². The number of carbonyl (C=O) groups excluding carboxylic acids is 1. The van der Waals surface area contributed by atoms with E-state index < -0.39 is 11.2 Å². The molecule has 5 nitrogen and oxygen atoms in total. The summed E-state index contributed by atoms with van der Waals surface area (Å²) in [6, 6.07) is 0. The van der Waals surface area contributed by atoms with Gasteiger partial charge in [-0.25, -0.2) is 0 Å². The molecule has 0 bridgehead atoms. The molecule has 0 aromatic rings. The van der Waals surface area contributed by atoms with E-state index in [0.29, 0.717) is 19.8 Å². The zero-order valence-electron chi connectivity index (χ0n) is 15.3. The van der Waals surface area contributed by atoms with E-state index >= 15 is 0 Å². The summed E-state index contributed by atoms with van der Waals surface area (Å²) in [6.45, 7) is 13.6. The van der Waals surface area contributed by atoms with Crippen LogP contribution in [0.15, 0.2) is 17.6 Å². The molecule has 0 aromatic carbocycles. The third kappa shape index (κ3) is 3.22. The minimum absolute atomic E-state index is 0.00503. The van der Waals surface area contributed by atoms with Gasteiger partial charge in [0.05, 0.1) is 25.2 Å². The fourth-order valence-corrected chi connectivity index (χ4v) is 3.29. The fourth-order valence-electron chi connectivity index (χ4n) is 3.29. The van der Waals surface area contributed by atoms with Gasteiger partial charge in [-0.15, -0.1) is 6.58 Å². The Hall–Kier alpha value is -1.20. The molecule has 2 aliphatic rings. The smallest absolute Gasteiger partial charge is 0.234 e. The molecule has 1 heterocycles. The van der Waals surface area contributed by atoms with Crippen LogP contribution in [-0.4, -0.2) is 56.2 Å². The van der Waals surface area contributed by atoms with Gasteiger partial charge < -0.3 is 14.4 Å². The zero-order chi connectivity index (χ0) is 17.5. The first-order valence-electron chi connectivity index (χ1n) is 8.21. The number of hydrogen-bond acceptors (Lipinski definition) is 4. The molecule has 1 aliphatic heterocycles. The second-order valence-electron chi connectivity index (χ2n) is 7.93. The lowest BCUT2D eigenvalue weighted by Crippen LogP contribution is -2.49. The number of carbonyl (C=O) groups is 1. The van der Waals surface area contributed by atoms with Gasteiger partial charge in [-0.2, -0.15) is 0 Å². The van der Waals surface area contributed by atoms with Gasteiger partial charge >= 0.3 is 0 Å². The second-order valence-corrected chi connectivity index (χ2v) is 7.93. The zero-order valence-corrected chi connectivity index (χ0v) is 15.3. The minimum Gasteiger partial charge on any atom is -0.349 e. The molecule has 130 valence electrons. The molecule has 5 heteroatoms. The SMILES string of the molecule is C=CCN=C(C)C(C)(C(=O)N(C)C)C1CC12OCC(C)(C)CO2. The van der Waals surface area contributed by atoms with Crippen LogP contribution in [0.2, 0.25) is 0 Å². The molecule has 1 amide bonds. The van der Waals surface area contributed by atoms with E-state index in [-0.39, 0.29) is 17.2 Å². The molecule has 0 radical (unpaired) electrons. The van der Waals surface area contributed by atoms with Crippen molar-refractivity contribution in [2.45, 2.75) is 39.9 Å². The van der Waals surface area contributed by atoms with E-state index in [0.717, 1.165) is 12.1 Å². The number of rotatable bonds is 5. The van der Waals surface area contributed by atoms with Crippen molar-refractivity contribution in [1.82, 2.24) is 4.90 Å². The summed E-state index contributed by atoms with van der Waals surface area (Å²) in [6.07, 6.45) is 2.48. The average molecular weight is 322 g/mol. The minimum atomic E-state index is -0.714. The summed E-state index contributed by atoms with van der Waals surface area (Å²) < 4.78 is 12.1. The summed E-state index contributed by atoms with van der Waals surface area (Å²) in [7, 11) is 3.56. The molecule has 23 heavy (non-hydrogen) atoms. The highest BCUT2D eigenvalue weighted by molar-refractivity contribution is 6.08. The van der Waals surface area contributed by atoms with Crippen molar-refractivity contribution in [2.75, 3.05) is 33.9 Å². The van der Waals surface area contributed by atoms with E-state index in [2.05, 4.69) is 25.4 Å². The summed E-state index contributed by atoms with van der Waals surface area (Å²) in [5.41, 5.74) is 0.121. The maximum Gasteiger partial charge on any atom is 0.234 e. The number of aliphatic imine (C=N–C) groups is 1. The van der Waals surface area contributed by atoms with Gasteiger partial charge in [0.2, 0.25) is 5.91 Å². The number of amides is 1. The maximum absolute atomic E-state index is 12.9. The van der Waals surface area contributed by atoms with Crippen LogP contribution in [0.4, 0.5) is 0 Å². The first-order valence-corrected chi connectivity index (χ1v) is 8.21. The number of ether oxygens (including phenoxy) is 2. The molecule has 1 saturated heterocycles. The van der Waals surface area contributed by atoms with E-state index in [1.807, 2.05) is 13.8 Å². The van der Waals surface area contributed by atoms with Crippen molar-refractivity contribution in [3.63, 3.8) is 0 Å². The van der Waals surface area contributed by atoms with Gasteiger partial charge in [0, 0.05) is 37.6 Å². The van der Waals surface area contributed by atoms with Gasteiger partial charge in [0.15, 0.2) is 5.79 Å². The second kappa shape index (κ2) is 6.02. The highest BCUT2D eigenvalue weighted by Crippen LogP contribution is 2.60. The van der Waals surface area contributed by atoms with Crippen LogP contribution in [-0.2, 0) is 14.3 Å². The maximum atomic E-state index is 12.9. The average Bonchev–Trinajstić information content (AvgIpc) is 3.21. The Morgan fingerprint density at radius 2 is 1.96 bits per heavy atom. The molecule has 2 fully saturated rings. The Kier molecular flexibility index (Phi) is 4.75.